The second-order valence-electron chi connectivity index (χ2n) is 5.44. The van der Waals surface area contributed by atoms with E-state index in [1.54, 1.807) is 6.07 Å². The van der Waals surface area contributed by atoms with Crippen molar-refractivity contribution in [3.05, 3.63) is 35.9 Å². The number of aliphatic hydroxyl groups is 1. The summed E-state index contributed by atoms with van der Waals surface area (Å²) in [6, 6.07) is 10.9. The van der Waals surface area contributed by atoms with Crippen LogP contribution in [-0.2, 0) is 4.79 Å². The van der Waals surface area contributed by atoms with Gasteiger partial charge >= 0.3 is 0 Å². The fourth-order valence-electron chi connectivity index (χ4n) is 2.55. The topological polar surface area (TPSA) is 88.4 Å². The SMILES string of the molecule is N#CC(O)CC(NC(=O)CN1CCNCC1)c1ccccc1. The molecular formula is C16H22N4O2. The standard InChI is InChI=1S/C16H22N4O2/c17-11-14(21)10-15(13-4-2-1-3-5-13)19-16(22)12-20-8-6-18-7-9-20/h1-5,14-15,18,21H,6-10,12H2,(H,19,22). The van der Waals surface area contributed by atoms with Gasteiger partial charge in [-0.05, 0) is 5.56 Å². The van der Waals surface area contributed by atoms with Gasteiger partial charge in [0.1, 0.15) is 6.10 Å². The molecule has 0 spiro atoms. The maximum Gasteiger partial charge on any atom is 0.234 e. The number of carbonyl (C=O) groups excluding carboxylic acids is 1. The Hall–Kier alpha value is -1.94. The number of rotatable bonds is 6. The van der Waals surface area contributed by atoms with Crippen molar-refractivity contribution in [2.24, 2.45) is 0 Å². The summed E-state index contributed by atoms with van der Waals surface area (Å²) >= 11 is 0. The highest BCUT2D eigenvalue weighted by Gasteiger charge is 2.20. The highest BCUT2D eigenvalue weighted by Crippen LogP contribution is 2.18. The van der Waals surface area contributed by atoms with Crippen LogP contribution in [-0.4, -0.2) is 54.7 Å². The third-order valence-electron chi connectivity index (χ3n) is 3.72. The van der Waals surface area contributed by atoms with Gasteiger partial charge in [-0.15, -0.1) is 0 Å². The zero-order valence-corrected chi connectivity index (χ0v) is 12.5. The number of nitrogens with zero attached hydrogens (tertiary/aromatic N) is 2. The van der Waals surface area contributed by atoms with Crippen molar-refractivity contribution < 1.29 is 9.90 Å². The molecule has 2 atom stereocenters. The summed E-state index contributed by atoms with van der Waals surface area (Å²) in [6.07, 6.45) is -0.905. The van der Waals surface area contributed by atoms with Crippen molar-refractivity contribution in [2.75, 3.05) is 32.7 Å². The Morgan fingerprint density at radius 2 is 2.05 bits per heavy atom. The summed E-state index contributed by atoms with van der Waals surface area (Å²) < 4.78 is 0. The van der Waals surface area contributed by atoms with E-state index >= 15 is 0 Å². The van der Waals surface area contributed by atoms with E-state index in [0.717, 1.165) is 31.7 Å². The molecule has 1 aromatic rings. The van der Waals surface area contributed by atoms with E-state index in [4.69, 9.17) is 5.26 Å². The Balaban J connectivity index is 1.96. The largest absolute Gasteiger partial charge is 0.378 e. The minimum atomic E-state index is -1.09. The second kappa shape index (κ2) is 8.49. The maximum atomic E-state index is 12.2. The van der Waals surface area contributed by atoms with E-state index in [1.807, 2.05) is 30.3 Å². The molecule has 22 heavy (non-hydrogen) atoms. The number of hydrogen-bond donors (Lipinski definition) is 3. The van der Waals surface area contributed by atoms with Crippen LogP contribution in [0.4, 0.5) is 0 Å². The molecule has 0 saturated carbocycles. The number of nitrogens with one attached hydrogen (secondary N) is 2. The molecule has 1 aliphatic heterocycles. The minimum absolute atomic E-state index is 0.0825. The van der Waals surface area contributed by atoms with Crippen LogP contribution in [0, 0.1) is 11.3 Å². The van der Waals surface area contributed by atoms with Crippen LogP contribution >= 0.6 is 0 Å². The van der Waals surface area contributed by atoms with Crippen molar-refractivity contribution in [2.45, 2.75) is 18.6 Å². The fraction of sp³-hybridized carbons (Fsp3) is 0.500. The first-order valence-corrected chi connectivity index (χ1v) is 7.54. The zero-order chi connectivity index (χ0) is 15.8. The molecule has 0 radical (unpaired) electrons. The molecule has 0 aliphatic carbocycles. The number of aliphatic hydroxyl groups excluding tert-OH is 1. The lowest BCUT2D eigenvalue weighted by Gasteiger charge is -2.28. The predicted octanol–water partition coefficient (Wildman–Crippen LogP) is 0.0237. The molecule has 1 saturated heterocycles. The molecule has 1 aromatic carbocycles. The molecule has 1 fully saturated rings. The lowest BCUT2D eigenvalue weighted by atomic mass is 10.0. The lowest BCUT2D eigenvalue weighted by Crippen LogP contribution is -2.48. The summed E-state index contributed by atoms with van der Waals surface area (Å²) in [7, 11) is 0. The Bertz CT molecular complexity index is 509. The first-order valence-electron chi connectivity index (χ1n) is 7.54. The first-order chi connectivity index (χ1) is 10.7. The van der Waals surface area contributed by atoms with Crippen LogP contribution in [0.15, 0.2) is 30.3 Å². The van der Waals surface area contributed by atoms with Gasteiger partial charge in [-0.2, -0.15) is 5.26 Å². The van der Waals surface area contributed by atoms with E-state index in [9.17, 15) is 9.90 Å². The predicted molar refractivity (Wildman–Crippen MR) is 82.9 cm³/mol. The van der Waals surface area contributed by atoms with E-state index in [0.29, 0.717) is 6.54 Å². The molecule has 0 aromatic heterocycles. The first kappa shape index (κ1) is 16.4. The summed E-state index contributed by atoms with van der Waals surface area (Å²) in [6.45, 7) is 3.83. The van der Waals surface area contributed by atoms with Crippen molar-refractivity contribution in [3.8, 4) is 6.07 Å². The van der Waals surface area contributed by atoms with Gasteiger partial charge in [-0.1, -0.05) is 30.3 Å². The molecule has 1 heterocycles. The molecule has 2 unspecified atom stereocenters. The van der Waals surface area contributed by atoms with Gasteiger partial charge in [0.15, 0.2) is 0 Å². The normalized spacial score (nSPS) is 18.2. The number of benzene rings is 1. The van der Waals surface area contributed by atoms with Gasteiger partial charge in [0.2, 0.25) is 5.91 Å². The molecule has 3 N–H and O–H groups in total. The van der Waals surface area contributed by atoms with E-state index < -0.39 is 6.10 Å². The Morgan fingerprint density at radius 1 is 1.36 bits per heavy atom. The van der Waals surface area contributed by atoms with Gasteiger partial charge in [0.05, 0.1) is 18.7 Å². The van der Waals surface area contributed by atoms with Crippen LogP contribution in [0.1, 0.15) is 18.0 Å². The molecule has 6 nitrogen and oxygen atoms in total. The summed E-state index contributed by atoms with van der Waals surface area (Å²) in [5.41, 5.74) is 0.894. The van der Waals surface area contributed by atoms with E-state index in [1.165, 1.54) is 0 Å². The smallest absolute Gasteiger partial charge is 0.234 e. The van der Waals surface area contributed by atoms with E-state index in [2.05, 4.69) is 15.5 Å². The quantitative estimate of drug-likeness (QED) is 0.645. The second-order valence-corrected chi connectivity index (χ2v) is 5.44. The fourth-order valence-corrected chi connectivity index (χ4v) is 2.55. The van der Waals surface area contributed by atoms with Gasteiger partial charge in [-0.3, -0.25) is 9.69 Å². The van der Waals surface area contributed by atoms with Gasteiger partial charge < -0.3 is 15.7 Å². The average Bonchev–Trinajstić information content (AvgIpc) is 2.55. The molecule has 1 amide bonds. The average molecular weight is 302 g/mol. The maximum absolute atomic E-state index is 12.2. The number of hydrogen-bond acceptors (Lipinski definition) is 5. The highest BCUT2D eigenvalue weighted by atomic mass is 16.3. The van der Waals surface area contributed by atoms with E-state index in [-0.39, 0.29) is 18.4 Å². The molecule has 118 valence electrons. The molecule has 2 rings (SSSR count). The number of piperazine rings is 1. The van der Waals surface area contributed by atoms with Gasteiger partial charge in [0.25, 0.3) is 0 Å². The number of amides is 1. The third-order valence-corrected chi connectivity index (χ3v) is 3.72. The van der Waals surface area contributed by atoms with Gasteiger partial charge in [-0.25, -0.2) is 0 Å². The Morgan fingerprint density at radius 3 is 2.68 bits per heavy atom. The minimum Gasteiger partial charge on any atom is -0.378 e. The van der Waals surface area contributed by atoms with Crippen molar-refractivity contribution >= 4 is 5.91 Å². The van der Waals surface area contributed by atoms with Crippen molar-refractivity contribution in [1.82, 2.24) is 15.5 Å². The van der Waals surface area contributed by atoms with Crippen LogP contribution in [0.25, 0.3) is 0 Å². The highest BCUT2D eigenvalue weighted by molar-refractivity contribution is 5.78. The molecule has 0 bridgehead atoms. The summed E-state index contributed by atoms with van der Waals surface area (Å²) in [4.78, 5) is 14.3. The Kier molecular flexibility index (Phi) is 6.34. The molecule has 1 aliphatic rings. The van der Waals surface area contributed by atoms with Gasteiger partial charge in [0, 0.05) is 32.6 Å². The lowest BCUT2D eigenvalue weighted by molar-refractivity contribution is -0.123. The van der Waals surface area contributed by atoms with Crippen molar-refractivity contribution in [1.29, 1.82) is 5.26 Å². The molecule has 6 heteroatoms. The third kappa shape index (κ3) is 5.11. The Labute approximate surface area is 130 Å². The zero-order valence-electron chi connectivity index (χ0n) is 12.5. The molecular weight excluding hydrogens is 280 g/mol. The van der Waals surface area contributed by atoms with Crippen LogP contribution in [0.2, 0.25) is 0 Å². The van der Waals surface area contributed by atoms with Crippen LogP contribution in [0.5, 0.6) is 0 Å². The summed E-state index contributed by atoms with van der Waals surface area (Å²) in [5, 5.41) is 24.6. The number of carbonyl (C=O) groups is 1. The monoisotopic (exact) mass is 302 g/mol. The van der Waals surface area contributed by atoms with Crippen molar-refractivity contribution in [3.63, 3.8) is 0 Å². The number of nitriles is 1. The van der Waals surface area contributed by atoms with Crippen LogP contribution < -0.4 is 10.6 Å². The van der Waals surface area contributed by atoms with Crippen LogP contribution in [0.3, 0.4) is 0 Å². The summed E-state index contributed by atoms with van der Waals surface area (Å²) in [5.74, 6) is -0.0825.